The van der Waals surface area contributed by atoms with Gasteiger partial charge in [0.25, 0.3) is 0 Å². The van der Waals surface area contributed by atoms with Crippen molar-refractivity contribution in [2.75, 3.05) is 25.4 Å². The Balaban J connectivity index is 1.95. The number of aliphatic hydroxyl groups excluding tert-OH is 1. The van der Waals surface area contributed by atoms with Crippen LogP contribution >= 0.6 is 0 Å². The van der Waals surface area contributed by atoms with Gasteiger partial charge in [-0.25, -0.2) is 4.39 Å². The largest absolute Gasteiger partial charge is 0.396 e. The van der Waals surface area contributed by atoms with Crippen LogP contribution in [-0.4, -0.2) is 35.5 Å². The number of anilines is 1. The fraction of sp³-hybridized carbons (Fsp3) is 0.278. The molecule has 23 heavy (non-hydrogen) atoms. The van der Waals surface area contributed by atoms with Crippen molar-refractivity contribution < 1.29 is 14.3 Å². The number of ketones is 1. The minimum Gasteiger partial charge on any atom is -0.396 e. The van der Waals surface area contributed by atoms with Crippen LogP contribution in [0.3, 0.4) is 0 Å². The van der Waals surface area contributed by atoms with Gasteiger partial charge in [0, 0.05) is 31.6 Å². The zero-order valence-electron chi connectivity index (χ0n) is 12.9. The number of halogens is 1. The van der Waals surface area contributed by atoms with Gasteiger partial charge in [-0.05, 0) is 23.8 Å². The number of carbonyl (C=O) groups excluding carboxylic acids is 1. The van der Waals surface area contributed by atoms with Crippen LogP contribution in [0.4, 0.5) is 10.1 Å². The third-order valence-corrected chi connectivity index (χ3v) is 3.64. The van der Waals surface area contributed by atoms with Gasteiger partial charge in [-0.3, -0.25) is 9.69 Å². The Labute approximate surface area is 135 Å². The van der Waals surface area contributed by atoms with Crippen molar-refractivity contribution in [3.8, 4) is 0 Å². The molecule has 0 heterocycles. The van der Waals surface area contributed by atoms with Gasteiger partial charge in [0.2, 0.25) is 0 Å². The molecular weight excluding hydrogens is 295 g/mol. The average molecular weight is 316 g/mol. The summed E-state index contributed by atoms with van der Waals surface area (Å²) >= 11 is 0. The van der Waals surface area contributed by atoms with E-state index in [0.29, 0.717) is 25.2 Å². The van der Waals surface area contributed by atoms with E-state index in [4.69, 9.17) is 5.73 Å². The lowest BCUT2D eigenvalue weighted by molar-refractivity contribution is 0.0954. The number of nitrogens with two attached hydrogens (primary N) is 1. The zero-order chi connectivity index (χ0) is 16.7. The summed E-state index contributed by atoms with van der Waals surface area (Å²) in [6.45, 7) is 1.71. The molecule has 2 rings (SSSR count). The van der Waals surface area contributed by atoms with Gasteiger partial charge >= 0.3 is 0 Å². The number of Topliss-reactive ketones (excluding diaryl/α,β-unsaturated/α-hetero) is 1. The van der Waals surface area contributed by atoms with Crippen LogP contribution in [0, 0.1) is 5.82 Å². The Morgan fingerprint density at radius 2 is 1.87 bits per heavy atom. The maximum absolute atomic E-state index is 13.1. The highest BCUT2D eigenvalue weighted by Gasteiger charge is 2.12. The zero-order valence-corrected chi connectivity index (χ0v) is 12.9. The third-order valence-electron chi connectivity index (χ3n) is 3.64. The molecule has 0 aliphatic rings. The quantitative estimate of drug-likeness (QED) is 0.580. The lowest BCUT2D eigenvalue weighted by Gasteiger charge is -2.21. The molecule has 3 N–H and O–H groups in total. The van der Waals surface area contributed by atoms with E-state index in [9.17, 15) is 14.3 Å². The number of rotatable bonds is 8. The lowest BCUT2D eigenvalue weighted by Crippen LogP contribution is -2.29. The van der Waals surface area contributed by atoms with E-state index in [1.807, 2.05) is 35.2 Å². The molecule has 0 saturated carbocycles. The summed E-state index contributed by atoms with van der Waals surface area (Å²) in [4.78, 5) is 14.2. The summed E-state index contributed by atoms with van der Waals surface area (Å²) in [6.07, 6.45) is 0.290. The van der Waals surface area contributed by atoms with E-state index in [2.05, 4.69) is 0 Å². The molecule has 0 unspecified atom stereocenters. The third kappa shape index (κ3) is 5.16. The Kier molecular flexibility index (Phi) is 6.26. The Morgan fingerprint density at radius 3 is 2.52 bits per heavy atom. The molecule has 0 saturated heterocycles. The van der Waals surface area contributed by atoms with Crippen LogP contribution in [0.1, 0.15) is 22.3 Å². The van der Waals surface area contributed by atoms with Crippen molar-refractivity contribution in [2.24, 2.45) is 0 Å². The summed E-state index contributed by atoms with van der Waals surface area (Å²) in [7, 11) is 0. The molecule has 4 nitrogen and oxygen atoms in total. The van der Waals surface area contributed by atoms with Gasteiger partial charge in [0.15, 0.2) is 5.78 Å². The fourth-order valence-corrected chi connectivity index (χ4v) is 2.37. The predicted octanol–water partition coefficient (Wildman–Crippen LogP) is 2.48. The summed E-state index contributed by atoms with van der Waals surface area (Å²) < 4.78 is 13.1. The van der Waals surface area contributed by atoms with Crippen molar-refractivity contribution in [2.45, 2.75) is 13.0 Å². The van der Waals surface area contributed by atoms with Gasteiger partial charge in [-0.1, -0.05) is 30.3 Å². The summed E-state index contributed by atoms with van der Waals surface area (Å²) in [5.41, 5.74) is 7.01. The highest BCUT2D eigenvalue weighted by Crippen LogP contribution is 2.14. The van der Waals surface area contributed by atoms with E-state index in [1.165, 1.54) is 18.2 Å². The Bertz CT molecular complexity index is 647. The smallest absolute Gasteiger partial charge is 0.164 e. The number of hydrogen-bond acceptors (Lipinski definition) is 4. The van der Waals surface area contributed by atoms with Crippen LogP contribution in [0.2, 0.25) is 0 Å². The second-order valence-electron chi connectivity index (χ2n) is 5.39. The number of nitrogens with zero attached hydrogens (tertiary/aromatic N) is 1. The molecule has 0 aliphatic heterocycles. The van der Waals surface area contributed by atoms with Gasteiger partial charge in [-0.15, -0.1) is 0 Å². The standard InChI is InChI=1S/C18H21FN2O2/c19-16-7-6-15(12-17(16)20)18(23)8-9-21(10-11-22)13-14-4-2-1-3-5-14/h1-7,12,22H,8-11,13,20H2. The molecule has 0 fully saturated rings. The first-order valence-corrected chi connectivity index (χ1v) is 7.55. The summed E-state index contributed by atoms with van der Waals surface area (Å²) in [5.74, 6) is -0.611. The predicted molar refractivity (Wildman–Crippen MR) is 88.6 cm³/mol. The van der Waals surface area contributed by atoms with E-state index in [0.717, 1.165) is 5.56 Å². The fourth-order valence-electron chi connectivity index (χ4n) is 2.37. The van der Waals surface area contributed by atoms with Gasteiger partial charge in [-0.2, -0.15) is 0 Å². The summed E-state index contributed by atoms with van der Waals surface area (Å²) in [5, 5.41) is 9.18. The molecule has 0 aliphatic carbocycles. The molecule has 0 radical (unpaired) electrons. The Morgan fingerprint density at radius 1 is 1.13 bits per heavy atom. The number of hydrogen-bond donors (Lipinski definition) is 2. The molecule has 0 aromatic heterocycles. The van der Waals surface area contributed by atoms with E-state index in [-0.39, 0.29) is 24.5 Å². The van der Waals surface area contributed by atoms with Gasteiger partial charge < -0.3 is 10.8 Å². The first-order chi connectivity index (χ1) is 11.1. The number of benzene rings is 2. The van der Waals surface area contributed by atoms with Crippen molar-refractivity contribution in [3.63, 3.8) is 0 Å². The van der Waals surface area contributed by atoms with Crippen molar-refractivity contribution >= 4 is 11.5 Å². The molecule has 0 amide bonds. The molecule has 2 aromatic carbocycles. The maximum atomic E-state index is 13.1. The monoisotopic (exact) mass is 316 g/mol. The molecule has 0 bridgehead atoms. The van der Waals surface area contributed by atoms with E-state index >= 15 is 0 Å². The molecule has 0 atom stereocenters. The second-order valence-corrected chi connectivity index (χ2v) is 5.39. The molecule has 122 valence electrons. The van der Waals surface area contributed by atoms with Crippen LogP contribution in [0.5, 0.6) is 0 Å². The van der Waals surface area contributed by atoms with Crippen molar-refractivity contribution in [3.05, 3.63) is 65.5 Å². The Hall–Kier alpha value is -2.24. The van der Waals surface area contributed by atoms with Crippen LogP contribution in [-0.2, 0) is 6.54 Å². The molecular formula is C18H21FN2O2. The molecule has 2 aromatic rings. The number of nitrogen functional groups attached to an aromatic ring is 1. The minimum absolute atomic E-state index is 0.0210. The molecule has 5 heteroatoms. The van der Waals surface area contributed by atoms with Crippen molar-refractivity contribution in [1.82, 2.24) is 4.90 Å². The van der Waals surface area contributed by atoms with Crippen LogP contribution in [0.15, 0.2) is 48.5 Å². The van der Waals surface area contributed by atoms with Gasteiger partial charge in [0.05, 0.1) is 12.3 Å². The van der Waals surface area contributed by atoms with Crippen molar-refractivity contribution in [1.29, 1.82) is 0 Å². The highest BCUT2D eigenvalue weighted by molar-refractivity contribution is 5.96. The maximum Gasteiger partial charge on any atom is 0.164 e. The SMILES string of the molecule is Nc1cc(C(=O)CCN(CCO)Cc2ccccc2)ccc1F. The van der Waals surface area contributed by atoms with E-state index in [1.54, 1.807) is 0 Å². The molecule has 0 spiro atoms. The first kappa shape index (κ1) is 17.1. The minimum atomic E-state index is -0.521. The topological polar surface area (TPSA) is 66.6 Å². The second kappa shape index (κ2) is 8.41. The van der Waals surface area contributed by atoms with Gasteiger partial charge in [0.1, 0.15) is 5.82 Å². The normalized spacial score (nSPS) is 10.9. The lowest BCUT2D eigenvalue weighted by atomic mass is 10.1. The van der Waals surface area contributed by atoms with Crippen LogP contribution in [0.25, 0.3) is 0 Å². The summed E-state index contributed by atoms with van der Waals surface area (Å²) in [6, 6.07) is 13.9. The van der Waals surface area contributed by atoms with E-state index < -0.39 is 5.82 Å². The highest BCUT2D eigenvalue weighted by atomic mass is 19.1. The average Bonchev–Trinajstić information content (AvgIpc) is 2.56. The number of carbonyl (C=O) groups is 1. The first-order valence-electron chi connectivity index (χ1n) is 7.55. The van der Waals surface area contributed by atoms with Crippen LogP contribution < -0.4 is 5.73 Å². The number of aliphatic hydroxyl groups is 1.